The molecule has 0 radical (unpaired) electrons. The van der Waals surface area contributed by atoms with Gasteiger partial charge in [0.25, 0.3) is 0 Å². The van der Waals surface area contributed by atoms with Crippen molar-refractivity contribution in [3.8, 4) is 5.75 Å². The molecule has 0 fully saturated rings. The van der Waals surface area contributed by atoms with Crippen LogP contribution in [0.1, 0.15) is 30.5 Å². The molecule has 0 heterocycles. The first kappa shape index (κ1) is 17.2. The van der Waals surface area contributed by atoms with E-state index in [2.05, 4.69) is 4.72 Å². The van der Waals surface area contributed by atoms with Crippen LogP contribution in [-0.4, -0.2) is 15.5 Å². The summed E-state index contributed by atoms with van der Waals surface area (Å²) in [5.41, 5.74) is 1.75. The topological polar surface area (TPSA) is 55.4 Å². The van der Waals surface area contributed by atoms with E-state index >= 15 is 0 Å². The highest BCUT2D eigenvalue weighted by Crippen LogP contribution is 2.21. The predicted molar refractivity (Wildman–Crippen MR) is 93.6 cm³/mol. The van der Waals surface area contributed by atoms with Crippen LogP contribution >= 0.6 is 0 Å². The van der Waals surface area contributed by atoms with Crippen molar-refractivity contribution < 1.29 is 13.2 Å². The summed E-state index contributed by atoms with van der Waals surface area (Å²) in [5.74, 6) is 0.746. The molecule has 0 aromatic heterocycles. The van der Waals surface area contributed by atoms with E-state index in [0.717, 1.165) is 16.9 Å². The minimum absolute atomic E-state index is 0.272. The second-order valence-corrected chi connectivity index (χ2v) is 6.71. The number of hydrogen-bond acceptors (Lipinski definition) is 3. The summed E-state index contributed by atoms with van der Waals surface area (Å²) in [6.07, 6.45) is 2.24. The lowest BCUT2D eigenvalue weighted by molar-refractivity contribution is 0.414. The zero-order valence-corrected chi connectivity index (χ0v) is 14.1. The van der Waals surface area contributed by atoms with E-state index in [1.165, 1.54) is 5.41 Å². The van der Waals surface area contributed by atoms with Crippen LogP contribution in [0.5, 0.6) is 5.75 Å². The molecule has 0 saturated heterocycles. The van der Waals surface area contributed by atoms with Gasteiger partial charge < -0.3 is 4.74 Å². The minimum Gasteiger partial charge on any atom is -0.497 e. The van der Waals surface area contributed by atoms with Crippen molar-refractivity contribution in [2.75, 3.05) is 7.11 Å². The average molecular weight is 331 g/mol. The average Bonchev–Trinajstić information content (AvgIpc) is 2.59. The molecule has 23 heavy (non-hydrogen) atoms. The van der Waals surface area contributed by atoms with E-state index in [-0.39, 0.29) is 6.04 Å². The number of sulfonamides is 1. The Morgan fingerprint density at radius 3 is 2.30 bits per heavy atom. The summed E-state index contributed by atoms with van der Waals surface area (Å²) in [6.45, 7) is 1.94. The molecule has 0 spiro atoms. The molecule has 0 saturated carbocycles. The lowest BCUT2D eigenvalue weighted by atomic mass is 10.1. The molecule has 1 unspecified atom stereocenters. The van der Waals surface area contributed by atoms with Crippen LogP contribution in [0.25, 0.3) is 6.08 Å². The van der Waals surface area contributed by atoms with Gasteiger partial charge in [-0.2, -0.15) is 0 Å². The first-order valence-electron chi connectivity index (χ1n) is 7.43. The molecule has 0 aliphatic rings. The normalized spacial score (nSPS) is 13.1. The van der Waals surface area contributed by atoms with Crippen LogP contribution in [0.4, 0.5) is 0 Å². The molecule has 0 bridgehead atoms. The molecule has 1 atom stereocenters. The Bertz CT molecular complexity index is 738. The monoisotopic (exact) mass is 331 g/mol. The van der Waals surface area contributed by atoms with Crippen molar-refractivity contribution in [3.05, 3.63) is 71.1 Å². The van der Waals surface area contributed by atoms with E-state index in [9.17, 15) is 8.42 Å². The molecule has 0 aliphatic carbocycles. The Hall–Kier alpha value is -2.11. The van der Waals surface area contributed by atoms with E-state index in [4.69, 9.17) is 4.74 Å². The molecule has 2 aromatic rings. The maximum absolute atomic E-state index is 12.2. The smallest absolute Gasteiger partial charge is 0.234 e. The van der Waals surface area contributed by atoms with E-state index in [1.54, 1.807) is 13.2 Å². The van der Waals surface area contributed by atoms with Crippen molar-refractivity contribution in [2.45, 2.75) is 19.4 Å². The summed E-state index contributed by atoms with van der Waals surface area (Å²) in [5, 5.41) is 1.20. The quantitative estimate of drug-likeness (QED) is 0.841. The van der Waals surface area contributed by atoms with Crippen LogP contribution in [0.3, 0.4) is 0 Å². The fourth-order valence-corrected chi connectivity index (χ4v) is 3.31. The molecule has 5 heteroatoms. The van der Waals surface area contributed by atoms with Crippen molar-refractivity contribution in [3.63, 3.8) is 0 Å². The molecule has 2 rings (SSSR count). The third-order valence-electron chi connectivity index (χ3n) is 3.47. The number of benzene rings is 2. The van der Waals surface area contributed by atoms with E-state index < -0.39 is 10.0 Å². The highest BCUT2D eigenvalue weighted by atomic mass is 32.2. The molecule has 0 amide bonds. The Morgan fingerprint density at radius 1 is 1.09 bits per heavy atom. The highest BCUT2D eigenvalue weighted by Gasteiger charge is 2.15. The Morgan fingerprint density at radius 2 is 1.74 bits per heavy atom. The molecular weight excluding hydrogens is 310 g/mol. The molecule has 2 aromatic carbocycles. The van der Waals surface area contributed by atoms with E-state index in [1.807, 2.05) is 61.5 Å². The van der Waals surface area contributed by atoms with Gasteiger partial charge in [-0.1, -0.05) is 49.4 Å². The summed E-state index contributed by atoms with van der Waals surface area (Å²) in [6, 6.07) is 16.5. The second-order valence-electron chi connectivity index (χ2n) is 5.11. The maximum atomic E-state index is 12.2. The number of hydrogen-bond donors (Lipinski definition) is 1. The minimum atomic E-state index is -3.52. The Balaban J connectivity index is 2.11. The van der Waals surface area contributed by atoms with Gasteiger partial charge in [0, 0.05) is 11.4 Å². The summed E-state index contributed by atoms with van der Waals surface area (Å²) < 4.78 is 32.3. The Kier molecular flexibility index (Phi) is 5.96. The zero-order chi connectivity index (χ0) is 16.7. The zero-order valence-electron chi connectivity index (χ0n) is 13.3. The van der Waals surface area contributed by atoms with Gasteiger partial charge in [0.15, 0.2) is 0 Å². The SMILES string of the molecule is CCC(NS(=O)(=O)/C=C/c1ccccc1)c1ccc(OC)cc1. The molecule has 4 nitrogen and oxygen atoms in total. The van der Waals surface area contributed by atoms with Gasteiger partial charge in [-0.3, -0.25) is 0 Å². The highest BCUT2D eigenvalue weighted by molar-refractivity contribution is 7.92. The first-order chi connectivity index (χ1) is 11.0. The lowest BCUT2D eigenvalue weighted by Crippen LogP contribution is -2.26. The summed E-state index contributed by atoms with van der Waals surface area (Å²) >= 11 is 0. The fraction of sp³-hybridized carbons (Fsp3) is 0.222. The largest absolute Gasteiger partial charge is 0.497 e. The van der Waals surface area contributed by atoms with Crippen molar-refractivity contribution >= 4 is 16.1 Å². The molecule has 0 aliphatic heterocycles. The van der Waals surface area contributed by atoms with Crippen molar-refractivity contribution in [1.29, 1.82) is 0 Å². The van der Waals surface area contributed by atoms with Gasteiger partial charge in [0.1, 0.15) is 5.75 Å². The second kappa shape index (κ2) is 7.94. The van der Waals surface area contributed by atoms with Crippen LogP contribution < -0.4 is 9.46 Å². The van der Waals surface area contributed by atoms with Gasteiger partial charge in [-0.15, -0.1) is 0 Å². The predicted octanol–water partition coefficient (Wildman–Crippen LogP) is 3.74. The maximum Gasteiger partial charge on any atom is 0.234 e. The number of nitrogens with one attached hydrogen (secondary N) is 1. The van der Waals surface area contributed by atoms with Crippen LogP contribution in [-0.2, 0) is 10.0 Å². The fourth-order valence-electron chi connectivity index (χ4n) is 2.19. The standard InChI is InChI=1S/C18H21NO3S/c1-3-18(16-9-11-17(22-2)12-10-16)19-23(20,21)14-13-15-7-5-4-6-8-15/h4-14,18-19H,3H2,1-2H3/b14-13+. The van der Waals surface area contributed by atoms with E-state index in [0.29, 0.717) is 6.42 Å². The third-order valence-corrected chi connectivity index (χ3v) is 4.58. The van der Waals surface area contributed by atoms with Gasteiger partial charge in [-0.25, -0.2) is 13.1 Å². The summed E-state index contributed by atoms with van der Waals surface area (Å²) in [7, 11) is -1.92. The van der Waals surface area contributed by atoms with Gasteiger partial charge in [0.05, 0.1) is 7.11 Å². The van der Waals surface area contributed by atoms with Gasteiger partial charge in [0.2, 0.25) is 10.0 Å². The number of ether oxygens (including phenoxy) is 1. The van der Waals surface area contributed by atoms with Crippen LogP contribution in [0.2, 0.25) is 0 Å². The first-order valence-corrected chi connectivity index (χ1v) is 8.98. The van der Waals surface area contributed by atoms with Crippen molar-refractivity contribution in [2.24, 2.45) is 0 Å². The molecule has 1 N–H and O–H groups in total. The van der Waals surface area contributed by atoms with Crippen molar-refractivity contribution in [1.82, 2.24) is 4.72 Å². The van der Waals surface area contributed by atoms with Crippen LogP contribution in [0.15, 0.2) is 60.0 Å². The molecule has 122 valence electrons. The van der Waals surface area contributed by atoms with Gasteiger partial charge >= 0.3 is 0 Å². The number of rotatable bonds is 7. The summed E-state index contributed by atoms with van der Waals surface area (Å²) in [4.78, 5) is 0. The van der Waals surface area contributed by atoms with Crippen LogP contribution in [0, 0.1) is 0 Å². The third kappa shape index (κ3) is 5.23. The Labute approximate surface area is 137 Å². The molecular formula is C18H21NO3S. The lowest BCUT2D eigenvalue weighted by Gasteiger charge is -2.16. The van der Waals surface area contributed by atoms with Gasteiger partial charge in [-0.05, 0) is 35.8 Å². The number of methoxy groups -OCH3 is 1.